The Morgan fingerprint density at radius 3 is 2.54 bits per heavy atom. The molecular formula is C20H21F3N4O. The number of aromatic nitrogens is 3. The number of hydrogen-bond acceptors (Lipinski definition) is 3. The monoisotopic (exact) mass is 390 g/mol. The lowest BCUT2D eigenvalue weighted by atomic mass is 10.0. The lowest BCUT2D eigenvalue weighted by Gasteiger charge is -2.17. The quantitative estimate of drug-likeness (QED) is 0.694. The van der Waals surface area contributed by atoms with E-state index < -0.39 is 23.7 Å². The van der Waals surface area contributed by atoms with Crippen molar-refractivity contribution in [2.75, 3.05) is 0 Å². The van der Waals surface area contributed by atoms with Crippen LogP contribution in [-0.2, 0) is 6.18 Å². The van der Waals surface area contributed by atoms with Crippen molar-refractivity contribution in [3.63, 3.8) is 0 Å². The fourth-order valence-electron chi connectivity index (χ4n) is 3.02. The van der Waals surface area contributed by atoms with Gasteiger partial charge < -0.3 is 5.32 Å². The molecule has 148 valence electrons. The third-order valence-electron chi connectivity index (χ3n) is 4.55. The molecule has 8 heteroatoms. The van der Waals surface area contributed by atoms with E-state index in [-0.39, 0.29) is 6.04 Å². The number of pyridine rings is 1. The van der Waals surface area contributed by atoms with Crippen molar-refractivity contribution in [1.82, 2.24) is 20.1 Å². The number of rotatable bonds is 4. The molecule has 3 aromatic rings. The molecule has 1 atom stereocenters. The van der Waals surface area contributed by atoms with Gasteiger partial charge in [-0.25, -0.2) is 9.67 Å². The predicted octanol–water partition coefficient (Wildman–Crippen LogP) is 4.83. The summed E-state index contributed by atoms with van der Waals surface area (Å²) >= 11 is 0. The molecule has 0 aliphatic heterocycles. The number of halogens is 3. The van der Waals surface area contributed by atoms with Crippen molar-refractivity contribution >= 4 is 16.9 Å². The first kappa shape index (κ1) is 19.9. The predicted molar refractivity (Wildman–Crippen MR) is 100.0 cm³/mol. The second kappa shape index (κ2) is 7.26. The highest BCUT2D eigenvalue weighted by Gasteiger charge is 2.30. The second-order valence-electron chi connectivity index (χ2n) is 7.04. The number of hydrogen-bond donors (Lipinski definition) is 1. The molecule has 1 N–H and O–H groups in total. The molecular weight excluding hydrogens is 369 g/mol. The zero-order chi connectivity index (χ0) is 20.6. The largest absolute Gasteiger partial charge is 0.416 e. The third-order valence-corrected chi connectivity index (χ3v) is 4.55. The average Bonchev–Trinajstić information content (AvgIpc) is 3.03. The average molecular weight is 390 g/mol. The van der Waals surface area contributed by atoms with Gasteiger partial charge in [-0.05, 0) is 51.5 Å². The number of nitrogens with zero attached hydrogens (tertiary/aromatic N) is 3. The van der Waals surface area contributed by atoms with Crippen molar-refractivity contribution < 1.29 is 18.0 Å². The maximum Gasteiger partial charge on any atom is 0.416 e. The normalized spacial score (nSPS) is 13.1. The van der Waals surface area contributed by atoms with Gasteiger partial charge in [0.15, 0.2) is 5.65 Å². The Morgan fingerprint density at radius 2 is 1.89 bits per heavy atom. The van der Waals surface area contributed by atoms with Gasteiger partial charge in [-0.15, -0.1) is 0 Å². The van der Waals surface area contributed by atoms with E-state index in [1.54, 1.807) is 36.9 Å². The zero-order valence-electron chi connectivity index (χ0n) is 16.0. The van der Waals surface area contributed by atoms with E-state index >= 15 is 0 Å². The highest BCUT2D eigenvalue weighted by Crippen LogP contribution is 2.30. The number of benzene rings is 1. The van der Waals surface area contributed by atoms with Gasteiger partial charge in [0.25, 0.3) is 5.91 Å². The van der Waals surface area contributed by atoms with Crippen molar-refractivity contribution in [3.8, 4) is 0 Å². The van der Waals surface area contributed by atoms with Crippen LogP contribution in [-0.4, -0.2) is 20.7 Å². The zero-order valence-corrected chi connectivity index (χ0v) is 16.0. The highest BCUT2D eigenvalue weighted by molar-refractivity contribution is 5.98. The maximum absolute atomic E-state index is 12.9. The summed E-state index contributed by atoms with van der Waals surface area (Å²) in [7, 11) is 0. The van der Waals surface area contributed by atoms with E-state index in [4.69, 9.17) is 0 Å². The van der Waals surface area contributed by atoms with Crippen LogP contribution in [0.25, 0.3) is 11.0 Å². The standard InChI is InChI=1S/C20H21F3N4O/c1-11(2)27-18-15(10-24-27)9-17(13(4)25-18)19(28)26-12(3)14-6-5-7-16(8-14)20(21,22)23/h5-12H,1-4H3,(H,26,28). The molecule has 0 bridgehead atoms. The Morgan fingerprint density at radius 1 is 1.18 bits per heavy atom. The minimum absolute atomic E-state index is 0.130. The topological polar surface area (TPSA) is 59.8 Å². The molecule has 0 saturated carbocycles. The van der Waals surface area contributed by atoms with E-state index in [2.05, 4.69) is 15.4 Å². The summed E-state index contributed by atoms with van der Waals surface area (Å²) in [6.07, 6.45) is -2.78. The molecule has 0 aliphatic carbocycles. The van der Waals surface area contributed by atoms with Gasteiger partial charge in [-0.3, -0.25) is 4.79 Å². The summed E-state index contributed by atoms with van der Waals surface area (Å²) in [4.78, 5) is 17.2. The number of alkyl halides is 3. The van der Waals surface area contributed by atoms with Crippen LogP contribution in [0, 0.1) is 6.92 Å². The minimum Gasteiger partial charge on any atom is -0.345 e. The molecule has 5 nitrogen and oxygen atoms in total. The number of carbonyl (C=O) groups excluding carboxylic acids is 1. The van der Waals surface area contributed by atoms with Crippen LogP contribution in [0.15, 0.2) is 36.5 Å². The van der Waals surface area contributed by atoms with E-state index in [0.717, 1.165) is 17.5 Å². The second-order valence-corrected chi connectivity index (χ2v) is 7.04. The SMILES string of the molecule is Cc1nc2c(cnn2C(C)C)cc1C(=O)NC(C)c1cccc(C(F)(F)F)c1. The maximum atomic E-state index is 12.9. The third kappa shape index (κ3) is 3.85. The first-order valence-electron chi connectivity index (χ1n) is 8.91. The summed E-state index contributed by atoms with van der Waals surface area (Å²) in [5.74, 6) is -0.394. The van der Waals surface area contributed by atoms with E-state index in [1.807, 2.05) is 13.8 Å². The number of fused-ring (bicyclic) bond motifs is 1. The van der Waals surface area contributed by atoms with Crippen LogP contribution in [0.3, 0.4) is 0 Å². The van der Waals surface area contributed by atoms with E-state index in [0.29, 0.717) is 22.5 Å². The summed E-state index contributed by atoms with van der Waals surface area (Å²) < 4.78 is 40.5. The minimum atomic E-state index is -4.43. The van der Waals surface area contributed by atoms with Crippen molar-refractivity contribution in [2.45, 2.75) is 46.0 Å². The van der Waals surface area contributed by atoms with Crippen LogP contribution in [0.2, 0.25) is 0 Å². The first-order chi connectivity index (χ1) is 13.1. The number of aryl methyl sites for hydroxylation is 1. The molecule has 1 amide bonds. The molecule has 0 saturated heterocycles. The van der Waals surface area contributed by atoms with Crippen LogP contribution in [0.1, 0.15) is 60.0 Å². The Kier molecular flexibility index (Phi) is 5.14. The molecule has 0 aliphatic rings. The van der Waals surface area contributed by atoms with E-state index in [9.17, 15) is 18.0 Å². The Balaban J connectivity index is 1.86. The van der Waals surface area contributed by atoms with Crippen LogP contribution < -0.4 is 5.32 Å². The van der Waals surface area contributed by atoms with E-state index in [1.165, 1.54) is 6.07 Å². The lowest BCUT2D eigenvalue weighted by molar-refractivity contribution is -0.137. The fourth-order valence-corrected chi connectivity index (χ4v) is 3.02. The fraction of sp³-hybridized carbons (Fsp3) is 0.350. The summed E-state index contributed by atoms with van der Waals surface area (Å²) in [5.41, 5.74) is 1.22. The number of amides is 1. The molecule has 1 aromatic carbocycles. The molecule has 1 unspecified atom stereocenters. The van der Waals surface area contributed by atoms with Gasteiger partial charge >= 0.3 is 6.18 Å². The van der Waals surface area contributed by atoms with Gasteiger partial charge in [0.05, 0.1) is 29.1 Å². The Hall–Kier alpha value is -2.90. The number of carbonyl (C=O) groups is 1. The van der Waals surface area contributed by atoms with Gasteiger partial charge in [0.1, 0.15) is 0 Å². The summed E-state index contributed by atoms with van der Waals surface area (Å²) in [6, 6.07) is 6.19. The lowest BCUT2D eigenvalue weighted by Crippen LogP contribution is -2.27. The molecule has 0 spiro atoms. The van der Waals surface area contributed by atoms with Crippen molar-refractivity contribution in [1.29, 1.82) is 0 Å². The summed E-state index contributed by atoms with van der Waals surface area (Å²) in [6.45, 7) is 7.34. The Bertz CT molecular complexity index is 1020. The molecule has 28 heavy (non-hydrogen) atoms. The smallest absolute Gasteiger partial charge is 0.345 e. The van der Waals surface area contributed by atoms with Gasteiger partial charge in [-0.1, -0.05) is 12.1 Å². The van der Waals surface area contributed by atoms with Crippen LogP contribution in [0.4, 0.5) is 13.2 Å². The van der Waals surface area contributed by atoms with Crippen molar-refractivity contribution in [2.24, 2.45) is 0 Å². The number of nitrogens with one attached hydrogen (secondary N) is 1. The molecule has 2 aromatic heterocycles. The van der Waals surface area contributed by atoms with Gasteiger partial charge in [-0.2, -0.15) is 18.3 Å². The summed E-state index contributed by atoms with van der Waals surface area (Å²) in [5, 5.41) is 7.78. The molecule has 3 rings (SSSR count). The van der Waals surface area contributed by atoms with Gasteiger partial charge in [0.2, 0.25) is 0 Å². The molecule has 2 heterocycles. The van der Waals surface area contributed by atoms with Gasteiger partial charge in [0, 0.05) is 11.4 Å². The van der Waals surface area contributed by atoms with Crippen LogP contribution in [0.5, 0.6) is 0 Å². The first-order valence-corrected chi connectivity index (χ1v) is 8.91. The van der Waals surface area contributed by atoms with Crippen molar-refractivity contribution in [3.05, 3.63) is 58.9 Å². The highest BCUT2D eigenvalue weighted by atomic mass is 19.4. The molecule has 0 fully saturated rings. The Labute approximate surface area is 160 Å². The molecule has 0 radical (unpaired) electrons. The van der Waals surface area contributed by atoms with Crippen LogP contribution >= 0.6 is 0 Å².